The zero-order chi connectivity index (χ0) is 30.0. The van der Waals surface area contributed by atoms with E-state index >= 15 is 0 Å². The van der Waals surface area contributed by atoms with Gasteiger partial charge in [-0.25, -0.2) is 0 Å². The molecule has 1 aliphatic heterocycles. The normalized spacial score (nSPS) is 22.3. The van der Waals surface area contributed by atoms with Crippen LogP contribution in [-0.4, -0.2) is 60.3 Å². The van der Waals surface area contributed by atoms with Gasteiger partial charge in [-0.05, 0) is 42.2 Å². The average molecular weight is 596 g/mol. The van der Waals surface area contributed by atoms with Gasteiger partial charge in [-0.2, -0.15) is 39.5 Å². The van der Waals surface area contributed by atoms with E-state index < -0.39 is 59.2 Å². The van der Waals surface area contributed by atoms with Crippen LogP contribution in [0, 0.1) is 0 Å². The Hall–Kier alpha value is -2.80. The molecular weight excluding hydrogens is 565 g/mol. The highest BCUT2D eigenvalue weighted by atomic mass is 19.4. The first kappa shape index (κ1) is 31.1. The Morgan fingerprint density at radius 2 is 1.46 bits per heavy atom. The van der Waals surface area contributed by atoms with Crippen molar-refractivity contribution in [3.05, 3.63) is 70.5 Å². The fourth-order valence-corrected chi connectivity index (χ4v) is 5.74. The molecule has 1 heterocycles. The van der Waals surface area contributed by atoms with E-state index in [0.717, 1.165) is 38.2 Å². The minimum atomic E-state index is -5.08. The highest BCUT2D eigenvalue weighted by Crippen LogP contribution is 2.40. The lowest BCUT2D eigenvalue weighted by Gasteiger charge is -2.43. The molecule has 1 amide bonds. The Morgan fingerprint density at radius 1 is 0.829 bits per heavy atom. The number of carbonyl (C=O) groups excluding carboxylic acids is 1. The van der Waals surface area contributed by atoms with Crippen molar-refractivity contribution in [1.82, 2.24) is 15.1 Å². The number of carbonyl (C=O) groups is 1. The number of benzene rings is 1. The third-order valence-electron chi connectivity index (χ3n) is 7.77. The van der Waals surface area contributed by atoms with Crippen molar-refractivity contribution >= 4 is 5.91 Å². The summed E-state index contributed by atoms with van der Waals surface area (Å²) in [7, 11) is 0. The number of piperazine rings is 1. The topological polar surface area (TPSA) is 35.6 Å². The van der Waals surface area contributed by atoms with Gasteiger partial charge in [0.05, 0.1) is 11.1 Å². The fraction of sp³-hybridized carbons (Fsp3) is 0.536. The van der Waals surface area contributed by atoms with Crippen LogP contribution >= 0.6 is 0 Å². The highest BCUT2D eigenvalue weighted by Gasteiger charge is 2.42. The van der Waals surface area contributed by atoms with Crippen LogP contribution in [0.25, 0.3) is 0 Å². The Balaban J connectivity index is 1.61. The van der Waals surface area contributed by atoms with Crippen LogP contribution in [0.1, 0.15) is 55.7 Å². The van der Waals surface area contributed by atoms with Gasteiger partial charge in [-0.15, -0.1) is 0 Å². The fourth-order valence-electron chi connectivity index (χ4n) is 5.74. The van der Waals surface area contributed by atoms with Gasteiger partial charge >= 0.3 is 18.5 Å². The zero-order valence-corrected chi connectivity index (χ0v) is 22.0. The maximum Gasteiger partial charge on any atom is 0.416 e. The lowest BCUT2D eigenvalue weighted by molar-refractivity contribution is -0.139. The molecule has 13 heteroatoms. The maximum atomic E-state index is 13.9. The predicted octanol–water partition coefficient (Wildman–Crippen LogP) is 7.08. The first-order valence-corrected chi connectivity index (χ1v) is 13.3. The smallest absolute Gasteiger partial charge is 0.331 e. The third-order valence-corrected chi connectivity index (χ3v) is 7.77. The lowest BCUT2D eigenvalue weighted by atomic mass is 9.93. The van der Waals surface area contributed by atoms with Crippen LogP contribution in [-0.2, 0) is 11.0 Å². The summed E-state index contributed by atoms with van der Waals surface area (Å²) in [5, 5.41) is 2.22. The van der Waals surface area contributed by atoms with Crippen molar-refractivity contribution in [1.29, 1.82) is 0 Å². The van der Waals surface area contributed by atoms with Crippen LogP contribution in [0.2, 0.25) is 0 Å². The van der Waals surface area contributed by atoms with E-state index in [9.17, 15) is 44.3 Å². The van der Waals surface area contributed by atoms with E-state index in [-0.39, 0.29) is 24.7 Å². The van der Waals surface area contributed by atoms with Crippen LogP contribution in [0.15, 0.2) is 59.3 Å². The number of rotatable bonds is 5. The number of nitrogens with one attached hydrogen (secondary N) is 1. The van der Waals surface area contributed by atoms with E-state index in [2.05, 4.69) is 10.2 Å². The van der Waals surface area contributed by atoms with Crippen LogP contribution in [0.4, 0.5) is 39.5 Å². The molecular formula is C28H30F9N3O. The predicted molar refractivity (Wildman–Crippen MR) is 133 cm³/mol. The van der Waals surface area contributed by atoms with Crippen molar-refractivity contribution in [2.45, 2.75) is 69.1 Å². The maximum absolute atomic E-state index is 13.9. The number of hydrogen-bond donors (Lipinski definition) is 1. The van der Waals surface area contributed by atoms with Gasteiger partial charge in [-0.1, -0.05) is 37.5 Å². The Morgan fingerprint density at radius 3 is 2.05 bits per heavy atom. The number of allylic oxidation sites excluding steroid dienone is 5. The second kappa shape index (κ2) is 12.2. The minimum Gasteiger partial charge on any atom is -0.331 e. The van der Waals surface area contributed by atoms with Gasteiger partial charge in [0.15, 0.2) is 0 Å². The third kappa shape index (κ3) is 7.73. The number of halogens is 9. The summed E-state index contributed by atoms with van der Waals surface area (Å²) >= 11 is 0. The average Bonchev–Trinajstić information content (AvgIpc) is 2.91. The summed E-state index contributed by atoms with van der Waals surface area (Å²) in [6.07, 6.45) is -9.25. The molecule has 226 valence electrons. The molecule has 0 bridgehead atoms. The Bertz CT molecular complexity index is 1180. The zero-order valence-electron chi connectivity index (χ0n) is 22.0. The quantitative estimate of drug-likeness (QED) is 0.370. The second-order valence-electron chi connectivity index (χ2n) is 10.5. The number of amides is 1. The van der Waals surface area contributed by atoms with Crippen LogP contribution in [0.3, 0.4) is 0 Å². The summed E-state index contributed by atoms with van der Waals surface area (Å²) in [6, 6.07) is 3.43. The number of alkyl halides is 9. The molecule has 2 aliphatic carbocycles. The van der Waals surface area contributed by atoms with Crippen molar-refractivity contribution < 1.29 is 44.3 Å². The molecule has 1 aromatic carbocycles. The largest absolute Gasteiger partial charge is 0.416 e. The molecule has 3 aliphatic rings. The molecule has 1 saturated heterocycles. The van der Waals surface area contributed by atoms with Gasteiger partial charge in [0.1, 0.15) is 6.04 Å². The summed E-state index contributed by atoms with van der Waals surface area (Å²) < 4.78 is 122. The molecule has 4 nitrogen and oxygen atoms in total. The number of hydrogen-bond acceptors (Lipinski definition) is 3. The number of nitrogens with zero attached hydrogens (tertiary/aromatic N) is 2. The van der Waals surface area contributed by atoms with Crippen molar-refractivity contribution in [2.24, 2.45) is 0 Å². The van der Waals surface area contributed by atoms with Gasteiger partial charge < -0.3 is 5.32 Å². The first-order chi connectivity index (χ1) is 19.1. The van der Waals surface area contributed by atoms with E-state index in [0.29, 0.717) is 31.4 Å². The molecule has 1 atom stereocenters. The first-order valence-electron chi connectivity index (χ1n) is 13.3. The molecule has 41 heavy (non-hydrogen) atoms. The lowest BCUT2D eigenvalue weighted by Crippen LogP contribution is -2.53. The molecule has 1 unspecified atom stereocenters. The molecule has 2 fully saturated rings. The van der Waals surface area contributed by atoms with E-state index in [1.54, 1.807) is 4.90 Å². The molecule has 0 radical (unpaired) electrons. The highest BCUT2D eigenvalue weighted by molar-refractivity contribution is 5.84. The summed E-state index contributed by atoms with van der Waals surface area (Å²) in [6.45, 7) is 1.55. The van der Waals surface area contributed by atoms with Gasteiger partial charge in [0.25, 0.3) is 0 Å². The van der Waals surface area contributed by atoms with Crippen LogP contribution < -0.4 is 5.32 Å². The molecule has 1 N–H and O–H groups in total. The molecule has 4 rings (SSSR count). The SMILES string of the molecule is O=C(N/C=C1/C=C(C(F)(F)F)C=C(C(F)(F)F)C1)C(c1ccccc1C(F)(F)F)N1CCN(C2CCCCC2)CC1. The van der Waals surface area contributed by atoms with E-state index in [1.807, 2.05) is 0 Å². The summed E-state index contributed by atoms with van der Waals surface area (Å²) in [5.74, 6) is -0.981. The van der Waals surface area contributed by atoms with Gasteiger partial charge in [0.2, 0.25) is 5.91 Å². The standard InChI is InChI=1S/C28H30F9N3O/c29-26(30,31)19-14-18(15-20(16-19)27(32,33)34)17-38-25(41)24(22-8-4-5-9-23(22)28(35,36)37)40-12-10-39(11-13-40)21-6-2-1-3-7-21/h4-5,8-9,14,16-17,21,24H,1-3,6-7,10-13,15H2,(H,38,41)/b18-17-. The van der Waals surface area contributed by atoms with Crippen molar-refractivity contribution in [3.63, 3.8) is 0 Å². The van der Waals surface area contributed by atoms with E-state index in [1.165, 1.54) is 18.2 Å². The van der Waals surface area contributed by atoms with Crippen LogP contribution in [0.5, 0.6) is 0 Å². The summed E-state index contributed by atoms with van der Waals surface area (Å²) in [5.41, 5.74) is -4.86. The monoisotopic (exact) mass is 595 g/mol. The van der Waals surface area contributed by atoms with Crippen molar-refractivity contribution in [2.75, 3.05) is 26.2 Å². The van der Waals surface area contributed by atoms with Gasteiger partial charge in [-0.3, -0.25) is 14.6 Å². The Labute approximate surface area is 231 Å². The molecule has 0 aromatic heterocycles. The molecule has 1 saturated carbocycles. The molecule has 0 spiro atoms. The van der Waals surface area contributed by atoms with Crippen molar-refractivity contribution in [3.8, 4) is 0 Å². The minimum absolute atomic E-state index is 0.00728. The summed E-state index contributed by atoms with van der Waals surface area (Å²) in [4.78, 5) is 17.3. The Kier molecular flexibility index (Phi) is 9.27. The second-order valence-corrected chi connectivity index (χ2v) is 10.5. The van der Waals surface area contributed by atoms with Gasteiger partial charge in [0, 0.05) is 50.4 Å². The molecule has 1 aromatic rings. The van der Waals surface area contributed by atoms with E-state index in [4.69, 9.17) is 0 Å².